The number of carbonyl (C=O) groups is 2. The minimum Gasteiger partial charge on any atom is -0.343 e. The highest BCUT2D eigenvalue weighted by Crippen LogP contribution is 2.33. The summed E-state index contributed by atoms with van der Waals surface area (Å²) in [4.78, 5) is 34.6. The minimum absolute atomic E-state index is 0.0196. The summed E-state index contributed by atoms with van der Waals surface area (Å²) >= 11 is 6.02. The van der Waals surface area contributed by atoms with Crippen LogP contribution in [0.25, 0.3) is 11.0 Å². The van der Waals surface area contributed by atoms with Crippen molar-refractivity contribution in [1.29, 1.82) is 0 Å². The third-order valence-corrected chi connectivity index (χ3v) is 7.07. The first-order valence-electron chi connectivity index (χ1n) is 11.9. The number of para-hydroxylation sites is 2. The van der Waals surface area contributed by atoms with E-state index in [2.05, 4.69) is 10.6 Å². The molecule has 0 aliphatic carbocycles. The Bertz CT molecular complexity index is 1150. The molecule has 2 aromatic carbocycles. The molecule has 3 heterocycles. The Balaban J connectivity index is 1.38. The number of aryl methyl sites for hydroxylation is 1. The van der Waals surface area contributed by atoms with Crippen LogP contribution in [0.1, 0.15) is 50.3 Å². The van der Waals surface area contributed by atoms with E-state index in [9.17, 15) is 9.59 Å². The Kier molecular flexibility index (Phi) is 6.36. The fourth-order valence-corrected chi connectivity index (χ4v) is 5.20. The van der Waals surface area contributed by atoms with Crippen LogP contribution >= 0.6 is 11.6 Å². The maximum Gasteiger partial charge on any atom is 0.227 e. The van der Waals surface area contributed by atoms with Crippen molar-refractivity contribution < 1.29 is 9.59 Å². The zero-order valence-electron chi connectivity index (χ0n) is 18.8. The molecule has 0 bridgehead atoms. The molecule has 0 N–H and O–H groups in total. The molecule has 2 aliphatic rings. The maximum atomic E-state index is 13.0. The first-order valence-corrected chi connectivity index (χ1v) is 12.3. The Labute approximate surface area is 199 Å². The molecule has 0 spiro atoms. The first kappa shape index (κ1) is 22.0. The summed E-state index contributed by atoms with van der Waals surface area (Å²) in [5.41, 5.74) is 2.78. The summed E-state index contributed by atoms with van der Waals surface area (Å²) in [5.74, 6) is 1.17. The number of halogens is 1. The summed E-state index contributed by atoms with van der Waals surface area (Å²) in [6.45, 7) is 2.88. The molecule has 0 saturated carbocycles. The van der Waals surface area contributed by atoms with Gasteiger partial charge in [0, 0.05) is 55.6 Å². The lowest BCUT2D eigenvalue weighted by atomic mass is 10.1. The van der Waals surface area contributed by atoms with Crippen LogP contribution < -0.4 is 4.90 Å². The van der Waals surface area contributed by atoms with Crippen molar-refractivity contribution in [2.45, 2.75) is 51.0 Å². The van der Waals surface area contributed by atoms with Gasteiger partial charge in [-0.15, -0.1) is 0 Å². The van der Waals surface area contributed by atoms with Gasteiger partial charge >= 0.3 is 0 Å². The molecule has 2 saturated heterocycles. The van der Waals surface area contributed by atoms with Gasteiger partial charge in [-0.1, -0.05) is 36.6 Å². The van der Waals surface area contributed by atoms with E-state index in [-0.39, 0.29) is 17.7 Å². The van der Waals surface area contributed by atoms with Gasteiger partial charge in [0.1, 0.15) is 5.82 Å². The number of imidazole rings is 1. The van der Waals surface area contributed by atoms with Gasteiger partial charge in [-0.2, -0.15) is 0 Å². The van der Waals surface area contributed by atoms with Crippen molar-refractivity contribution >= 4 is 40.1 Å². The number of rotatable bonds is 5. The van der Waals surface area contributed by atoms with Crippen LogP contribution in [0.5, 0.6) is 0 Å². The molecule has 2 amide bonds. The third-order valence-electron chi connectivity index (χ3n) is 6.82. The number of hydrogen-bond acceptors (Lipinski definition) is 3. The van der Waals surface area contributed by atoms with Gasteiger partial charge in [-0.3, -0.25) is 9.59 Å². The van der Waals surface area contributed by atoms with Crippen LogP contribution in [0.4, 0.5) is 5.69 Å². The number of nitrogens with zero attached hydrogens (tertiary/aromatic N) is 4. The molecule has 7 heteroatoms. The highest BCUT2D eigenvalue weighted by atomic mass is 35.5. The Morgan fingerprint density at radius 2 is 1.73 bits per heavy atom. The van der Waals surface area contributed by atoms with E-state index >= 15 is 0 Å². The largest absolute Gasteiger partial charge is 0.343 e. The number of fused-ring (bicyclic) bond motifs is 1. The van der Waals surface area contributed by atoms with Gasteiger partial charge < -0.3 is 14.4 Å². The van der Waals surface area contributed by atoms with Crippen LogP contribution in [0.15, 0.2) is 48.5 Å². The van der Waals surface area contributed by atoms with Gasteiger partial charge in [-0.25, -0.2) is 4.98 Å². The molecule has 1 atom stereocenters. The minimum atomic E-state index is -0.0196. The van der Waals surface area contributed by atoms with Crippen LogP contribution in [0.3, 0.4) is 0 Å². The predicted octanol–water partition coefficient (Wildman–Crippen LogP) is 5.00. The van der Waals surface area contributed by atoms with Crippen molar-refractivity contribution in [3.05, 3.63) is 59.4 Å². The molecule has 2 aliphatic heterocycles. The SMILES string of the molecule is O=C(CCn1c(C2CC(=O)N(c3ccc(Cl)cc3)C2)nc2ccccc21)N1CCCCCC1. The number of anilines is 1. The summed E-state index contributed by atoms with van der Waals surface area (Å²) in [7, 11) is 0. The van der Waals surface area contributed by atoms with Crippen molar-refractivity contribution in [1.82, 2.24) is 14.5 Å². The Hall–Kier alpha value is -2.86. The number of likely N-dealkylation sites (tertiary alicyclic amines) is 1. The molecule has 1 aromatic heterocycles. The van der Waals surface area contributed by atoms with Gasteiger partial charge in [0.2, 0.25) is 11.8 Å². The number of amides is 2. The number of hydrogen-bond donors (Lipinski definition) is 0. The standard InChI is InChI=1S/C26H29ClN4O2/c27-20-9-11-21(12-10-20)31-18-19(17-25(31)33)26-28-22-7-3-4-8-23(22)30(26)16-13-24(32)29-14-5-1-2-6-15-29/h3-4,7-12,19H,1-2,5-6,13-18H2. The molecular formula is C26H29ClN4O2. The molecule has 1 unspecified atom stereocenters. The van der Waals surface area contributed by atoms with Crippen molar-refractivity contribution in [3.63, 3.8) is 0 Å². The topological polar surface area (TPSA) is 58.4 Å². The predicted molar refractivity (Wildman–Crippen MR) is 131 cm³/mol. The van der Waals surface area contributed by atoms with Crippen molar-refractivity contribution in [3.8, 4) is 0 Å². The highest BCUT2D eigenvalue weighted by Gasteiger charge is 2.35. The average molecular weight is 465 g/mol. The van der Waals surface area contributed by atoms with Gasteiger partial charge in [0.25, 0.3) is 0 Å². The molecular weight excluding hydrogens is 436 g/mol. The number of benzene rings is 2. The van der Waals surface area contributed by atoms with Crippen LogP contribution in [0, 0.1) is 0 Å². The van der Waals surface area contributed by atoms with Gasteiger partial charge in [0.15, 0.2) is 0 Å². The van der Waals surface area contributed by atoms with E-state index in [1.165, 1.54) is 12.8 Å². The van der Waals surface area contributed by atoms with E-state index in [1.807, 2.05) is 40.1 Å². The van der Waals surface area contributed by atoms with E-state index in [4.69, 9.17) is 16.6 Å². The molecule has 172 valence electrons. The van der Waals surface area contributed by atoms with E-state index in [0.29, 0.717) is 31.0 Å². The van der Waals surface area contributed by atoms with Crippen LogP contribution in [-0.2, 0) is 16.1 Å². The Morgan fingerprint density at radius 3 is 2.48 bits per heavy atom. The van der Waals surface area contributed by atoms with Gasteiger partial charge in [0.05, 0.1) is 11.0 Å². The lowest BCUT2D eigenvalue weighted by molar-refractivity contribution is -0.131. The molecule has 2 fully saturated rings. The summed E-state index contributed by atoms with van der Waals surface area (Å²) in [5, 5.41) is 0.651. The quantitative estimate of drug-likeness (QED) is 0.533. The Morgan fingerprint density at radius 1 is 1.00 bits per heavy atom. The van der Waals surface area contributed by atoms with Gasteiger partial charge in [-0.05, 0) is 49.2 Å². The normalized spacial score (nSPS) is 19.3. The monoisotopic (exact) mass is 464 g/mol. The number of aromatic nitrogens is 2. The lowest BCUT2D eigenvalue weighted by Crippen LogP contribution is -2.32. The fraction of sp³-hybridized carbons (Fsp3) is 0.423. The first-order chi connectivity index (χ1) is 16.1. The fourth-order valence-electron chi connectivity index (χ4n) is 5.08. The number of carbonyl (C=O) groups excluding carboxylic acids is 2. The van der Waals surface area contributed by atoms with Crippen LogP contribution in [0.2, 0.25) is 5.02 Å². The second kappa shape index (κ2) is 9.56. The summed E-state index contributed by atoms with van der Waals surface area (Å²) in [6.07, 6.45) is 5.46. The molecule has 3 aromatic rings. The zero-order valence-corrected chi connectivity index (χ0v) is 19.5. The molecule has 0 radical (unpaired) electrons. The zero-order chi connectivity index (χ0) is 22.8. The van der Waals surface area contributed by atoms with E-state index in [1.54, 1.807) is 12.1 Å². The van der Waals surface area contributed by atoms with Crippen molar-refractivity contribution in [2.24, 2.45) is 0 Å². The molecule has 33 heavy (non-hydrogen) atoms. The molecule has 5 rings (SSSR count). The van der Waals surface area contributed by atoms with Crippen molar-refractivity contribution in [2.75, 3.05) is 24.5 Å². The summed E-state index contributed by atoms with van der Waals surface area (Å²) < 4.78 is 2.16. The van der Waals surface area contributed by atoms with E-state index in [0.717, 1.165) is 48.5 Å². The van der Waals surface area contributed by atoms with Crippen LogP contribution in [-0.4, -0.2) is 45.9 Å². The smallest absolute Gasteiger partial charge is 0.227 e. The average Bonchev–Trinajstić information content (AvgIpc) is 3.26. The third kappa shape index (κ3) is 4.62. The van der Waals surface area contributed by atoms with E-state index < -0.39 is 0 Å². The maximum absolute atomic E-state index is 13.0. The second-order valence-electron chi connectivity index (χ2n) is 9.04. The lowest BCUT2D eigenvalue weighted by Gasteiger charge is -2.21. The summed E-state index contributed by atoms with van der Waals surface area (Å²) in [6, 6.07) is 15.4. The second-order valence-corrected chi connectivity index (χ2v) is 9.47. The molecule has 6 nitrogen and oxygen atoms in total. The highest BCUT2D eigenvalue weighted by molar-refractivity contribution is 6.30.